The van der Waals surface area contributed by atoms with Gasteiger partial charge in [-0.25, -0.2) is 4.21 Å². The zero-order valence-corrected chi connectivity index (χ0v) is 6.08. The predicted molar refractivity (Wildman–Crippen MR) is 34.9 cm³/mol. The zero-order chi connectivity index (χ0) is 6.86. The van der Waals surface area contributed by atoms with Gasteiger partial charge in [-0.2, -0.15) is 0 Å². The largest absolute Gasteiger partial charge is 0.308 e. The van der Waals surface area contributed by atoms with Crippen LogP contribution < -0.4 is 0 Å². The molecule has 0 radical (unpaired) electrons. The first-order valence-electron chi connectivity index (χ1n) is 2.00. The van der Waals surface area contributed by atoms with Crippen LogP contribution in [-0.2, 0) is 9.63 Å². The fourth-order valence-corrected chi connectivity index (χ4v) is 1.60. The third-order valence-corrected chi connectivity index (χ3v) is 2.10. The average Bonchev–Trinajstić information content (AvgIpc) is 1.25. The smallest absolute Gasteiger partial charge is 0.0810 e. The summed E-state index contributed by atoms with van der Waals surface area (Å²) in [6, 6.07) is 0. The van der Waals surface area contributed by atoms with Gasteiger partial charge >= 0.3 is 0 Å². The number of hydrogen-bond donors (Lipinski definition) is 2. The fourth-order valence-electron chi connectivity index (χ4n) is 0.178. The maximum absolute atomic E-state index is 10.4. The molecule has 0 aromatic rings. The molecule has 0 saturated carbocycles. The molecule has 0 aliphatic heterocycles. The van der Waals surface area contributed by atoms with Crippen molar-refractivity contribution in [3.05, 3.63) is 0 Å². The summed E-state index contributed by atoms with van der Waals surface area (Å²) in [4.78, 5) is 0. The summed E-state index contributed by atoms with van der Waals surface area (Å²) >= 11 is 5.08. The Labute approximate surface area is 53.1 Å². The third kappa shape index (κ3) is 6.36. The van der Waals surface area contributed by atoms with Crippen molar-refractivity contribution in [2.75, 3.05) is 17.9 Å². The van der Waals surface area contributed by atoms with Crippen LogP contribution in [0.25, 0.3) is 0 Å². The van der Waals surface area contributed by atoms with Crippen molar-refractivity contribution < 1.29 is 13.3 Å². The third-order valence-electron chi connectivity index (χ3n) is 0.547. The molecule has 0 saturated heterocycles. The molecule has 0 unspecified atom stereocenters. The van der Waals surface area contributed by atoms with E-state index in [1.54, 1.807) is 0 Å². The van der Waals surface area contributed by atoms with E-state index in [4.69, 9.17) is 20.7 Å². The molecule has 0 atom stereocenters. The van der Waals surface area contributed by atoms with Crippen LogP contribution in [0.2, 0.25) is 0 Å². The van der Waals surface area contributed by atoms with E-state index in [1.165, 1.54) is 0 Å². The van der Waals surface area contributed by atoms with Gasteiger partial charge in [0, 0.05) is 12.1 Å². The minimum Gasteiger partial charge on any atom is -0.308 e. The topological polar surface area (TPSA) is 57.5 Å². The quantitative estimate of drug-likeness (QED) is 0.583. The van der Waals surface area contributed by atoms with E-state index in [9.17, 15) is 4.21 Å². The van der Waals surface area contributed by atoms with Crippen LogP contribution in [-0.4, -0.2) is 31.2 Å². The molecule has 0 heterocycles. The van der Waals surface area contributed by atoms with E-state index in [1.807, 2.05) is 0 Å². The highest BCUT2D eigenvalue weighted by Gasteiger charge is 2.20. The molecule has 3 nitrogen and oxygen atoms in total. The van der Waals surface area contributed by atoms with Gasteiger partial charge in [0.2, 0.25) is 0 Å². The van der Waals surface area contributed by atoms with Crippen molar-refractivity contribution in [3.8, 4) is 0 Å². The Morgan fingerprint density at radius 3 is 2.00 bits per heavy atom. The first-order chi connectivity index (χ1) is 3.31. The molecular formula is C3H9ClO3S. The lowest BCUT2D eigenvalue weighted by molar-refractivity contribution is 0.400. The highest BCUT2D eigenvalue weighted by molar-refractivity contribution is 8.09. The second-order valence-electron chi connectivity index (χ2n) is 1.82. The van der Waals surface area contributed by atoms with Gasteiger partial charge in [-0.3, -0.25) is 0 Å². The maximum atomic E-state index is 10.4. The van der Waals surface area contributed by atoms with Crippen molar-refractivity contribution >= 4 is 21.2 Å². The van der Waals surface area contributed by atoms with Gasteiger partial charge in [0.1, 0.15) is 0 Å². The predicted octanol–water partition coefficient (Wildman–Crippen LogP) is 0.621. The van der Waals surface area contributed by atoms with Gasteiger partial charge in [-0.1, -0.05) is 0 Å². The molecule has 0 aromatic carbocycles. The van der Waals surface area contributed by atoms with E-state index in [2.05, 4.69) is 0 Å². The number of rotatable bonds is 2. The molecule has 5 heteroatoms. The number of hydrogen-bond acceptors (Lipinski definition) is 1. The van der Waals surface area contributed by atoms with E-state index in [0.717, 1.165) is 6.26 Å². The van der Waals surface area contributed by atoms with Crippen molar-refractivity contribution in [1.29, 1.82) is 0 Å². The molecule has 52 valence electrons. The van der Waals surface area contributed by atoms with Crippen molar-refractivity contribution in [1.82, 2.24) is 0 Å². The van der Waals surface area contributed by atoms with Gasteiger partial charge in [0.15, 0.2) is 0 Å². The van der Waals surface area contributed by atoms with Gasteiger partial charge < -0.3 is 9.11 Å². The van der Waals surface area contributed by atoms with Crippen LogP contribution in [0, 0.1) is 0 Å². The van der Waals surface area contributed by atoms with Crippen molar-refractivity contribution in [3.63, 3.8) is 0 Å². The molecule has 0 spiro atoms. The summed E-state index contributed by atoms with van der Waals surface area (Å²) in [6.45, 7) is 0. The van der Waals surface area contributed by atoms with Gasteiger partial charge in [-0.05, 0) is 0 Å². The summed E-state index contributed by atoms with van der Waals surface area (Å²) in [5, 5.41) is 0. The Hall–Kier alpha value is 0.360. The Kier molecular flexibility index (Phi) is 2.04. The molecule has 0 rings (SSSR count). The highest BCUT2D eigenvalue weighted by Crippen LogP contribution is 2.09. The van der Waals surface area contributed by atoms with Crippen LogP contribution in [0.1, 0.15) is 0 Å². The average molecular weight is 161 g/mol. The second kappa shape index (κ2) is 1.95. The molecule has 0 aliphatic rings. The minimum absolute atomic E-state index is 0.00509. The lowest BCUT2D eigenvalue weighted by Crippen LogP contribution is -2.33. The Balaban J connectivity index is 3.95. The molecule has 0 aromatic heterocycles. The van der Waals surface area contributed by atoms with Crippen molar-refractivity contribution in [2.24, 2.45) is 0 Å². The zero-order valence-electron chi connectivity index (χ0n) is 4.50. The molecular weight excluding hydrogens is 152 g/mol. The van der Waals surface area contributed by atoms with E-state index < -0.39 is 9.63 Å². The lowest BCUT2D eigenvalue weighted by atomic mass is 11.0. The van der Waals surface area contributed by atoms with Crippen molar-refractivity contribution in [2.45, 2.75) is 0 Å². The standard InChI is InChI=1S/C3H9ClO3S/c1-8(5,6,7)3-2-4/h2-3H2,1H3,(H2,5,6,7). The van der Waals surface area contributed by atoms with Crippen LogP contribution in [0.4, 0.5) is 0 Å². The normalized spacial score (nSPS) is 17.2. The van der Waals surface area contributed by atoms with E-state index in [0.29, 0.717) is 0 Å². The van der Waals surface area contributed by atoms with Crippen LogP contribution in [0.5, 0.6) is 0 Å². The lowest BCUT2D eigenvalue weighted by Gasteiger charge is -2.23. The molecule has 0 amide bonds. The number of alkyl halides is 1. The van der Waals surface area contributed by atoms with Crippen LogP contribution in [0.15, 0.2) is 0 Å². The second-order valence-corrected chi connectivity index (χ2v) is 5.46. The van der Waals surface area contributed by atoms with E-state index >= 15 is 0 Å². The Morgan fingerprint density at radius 1 is 1.62 bits per heavy atom. The molecule has 0 aliphatic carbocycles. The fraction of sp³-hybridized carbons (Fsp3) is 1.00. The first kappa shape index (κ1) is 8.36. The SMILES string of the molecule is CS(=O)(O)(O)CCCl. The van der Waals surface area contributed by atoms with Gasteiger partial charge in [-0.15, -0.1) is 11.6 Å². The summed E-state index contributed by atoms with van der Waals surface area (Å²) in [6.07, 6.45) is 0.875. The van der Waals surface area contributed by atoms with Crippen LogP contribution in [0.3, 0.4) is 0 Å². The van der Waals surface area contributed by atoms with Gasteiger partial charge in [0.25, 0.3) is 0 Å². The molecule has 0 bridgehead atoms. The Morgan fingerprint density at radius 2 is 2.00 bits per heavy atom. The summed E-state index contributed by atoms with van der Waals surface area (Å²) in [5.41, 5.74) is 0. The molecule has 8 heavy (non-hydrogen) atoms. The summed E-state index contributed by atoms with van der Waals surface area (Å²) < 4.78 is 27.4. The van der Waals surface area contributed by atoms with Gasteiger partial charge in [0.05, 0.1) is 15.4 Å². The monoisotopic (exact) mass is 160 g/mol. The summed E-state index contributed by atoms with van der Waals surface area (Å²) in [7, 11) is -4.27. The first-order valence-corrected chi connectivity index (χ1v) is 4.99. The molecule has 2 N–H and O–H groups in total. The maximum Gasteiger partial charge on any atom is 0.0810 e. The Bertz CT molecular complexity index is 126. The molecule has 0 fully saturated rings. The number of halogens is 1. The summed E-state index contributed by atoms with van der Waals surface area (Å²) in [5.74, 6) is -0.270. The highest BCUT2D eigenvalue weighted by atomic mass is 35.5. The minimum atomic E-state index is -4.27. The van der Waals surface area contributed by atoms with Crippen LogP contribution >= 0.6 is 11.6 Å². The van der Waals surface area contributed by atoms with E-state index in [-0.39, 0.29) is 11.6 Å².